The number of hydrogen-bond acceptors (Lipinski definition) is 7. The van der Waals surface area contributed by atoms with E-state index < -0.39 is 5.97 Å². The summed E-state index contributed by atoms with van der Waals surface area (Å²) in [5.41, 5.74) is 2.08. The monoisotopic (exact) mass is 443 g/mol. The van der Waals surface area contributed by atoms with Gasteiger partial charge in [0.05, 0.1) is 6.42 Å². The Kier molecular flexibility index (Phi) is 7.26. The summed E-state index contributed by atoms with van der Waals surface area (Å²) in [6.45, 7) is 6.63. The smallest absolute Gasteiger partial charge is 0.304 e. The van der Waals surface area contributed by atoms with Crippen LogP contribution in [-0.2, 0) is 14.4 Å². The van der Waals surface area contributed by atoms with E-state index >= 15 is 0 Å². The number of carbonyl (C=O) groups is 3. The lowest BCUT2D eigenvalue weighted by atomic mass is 10.0. The summed E-state index contributed by atoms with van der Waals surface area (Å²) in [6.07, 6.45) is 3.37. The normalized spacial score (nSPS) is 23.8. The van der Waals surface area contributed by atoms with Gasteiger partial charge >= 0.3 is 5.97 Å². The highest BCUT2D eigenvalue weighted by Gasteiger charge is 2.28. The maximum atomic E-state index is 11.9. The molecule has 1 atom stereocenters. The van der Waals surface area contributed by atoms with Crippen LogP contribution in [0.4, 0.5) is 11.4 Å². The van der Waals surface area contributed by atoms with Gasteiger partial charge in [0.25, 0.3) is 0 Å². The molecule has 1 aromatic carbocycles. The third-order valence-electron chi connectivity index (χ3n) is 6.84. The number of benzene rings is 1. The third kappa shape index (κ3) is 5.77. The number of nitrogens with one attached hydrogen (secondary N) is 2. The molecule has 0 saturated carbocycles. The van der Waals surface area contributed by atoms with Gasteiger partial charge in [0.15, 0.2) is 0 Å². The molecule has 3 saturated heterocycles. The van der Waals surface area contributed by atoms with Gasteiger partial charge in [-0.1, -0.05) is 0 Å². The van der Waals surface area contributed by atoms with Crippen molar-refractivity contribution in [2.75, 3.05) is 56.0 Å². The topological polar surface area (TPSA) is 105 Å². The largest absolute Gasteiger partial charge is 0.481 e. The number of piperazine rings is 1. The van der Waals surface area contributed by atoms with E-state index in [0.717, 1.165) is 57.8 Å². The Labute approximate surface area is 188 Å². The van der Waals surface area contributed by atoms with Gasteiger partial charge in [-0.15, -0.1) is 0 Å². The Morgan fingerprint density at radius 1 is 1.00 bits per heavy atom. The van der Waals surface area contributed by atoms with Crippen LogP contribution in [0.1, 0.15) is 32.1 Å². The molecular formula is C23H33N5O4. The van der Waals surface area contributed by atoms with Crippen LogP contribution in [0.25, 0.3) is 0 Å². The number of anilines is 2. The fourth-order valence-electron chi connectivity index (χ4n) is 4.90. The van der Waals surface area contributed by atoms with Crippen LogP contribution in [-0.4, -0.2) is 90.6 Å². The van der Waals surface area contributed by atoms with Crippen molar-refractivity contribution >= 4 is 29.2 Å². The van der Waals surface area contributed by atoms with Crippen molar-refractivity contribution < 1.29 is 19.5 Å². The second-order valence-electron chi connectivity index (χ2n) is 8.93. The Balaban J connectivity index is 1.21. The van der Waals surface area contributed by atoms with Crippen molar-refractivity contribution in [1.82, 2.24) is 15.1 Å². The SMILES string of the molecule is O=C(O)CCN1CCN(C2CCN(c3ccc(NC4CCC(=O)NC4=O)cc3)CC2)CC1. The molecule has 4 rings (SSSR count). The average molecular weight is 444 g/mol. The van der Waals surface area contributed by atoms with Crippen LogP contribution >= 0.6 is 0 Å². The number of imide groups is 1. The summed E-state index contributed by atoms with van der Waals surface area (Å²) in [5, 5.41) is 14.5. The molecule has 174 valence electrons. The van der Waals surface area contributed by atoms with Crippen molar-refractivity contribution in [2.45, 2.75) is 44.2 Å². The minimum atomic E-state index is -0.723. The molecule has 2 amide bonds. The highest BCUT2D eigenvalue weighted by molar-refractivity contribution is 6.01. The fourth-order valence-corrected chi connectivity index (χ4v) is 4.90. The van der Waals surface area contributed by atoms with Gasteiger partial charge in [0.2, 0.25) is 11.8 Å². The van der Waals surface area contributed by atoms with E-state index in [2.05, 4.69) is 37.5 Å². The van der Waals surface area contributed by atoms with Gasteiger partial charge in [0.1, 0.15) is 6.04 Å². The molecule has 3 aliphatic rings. The number of hydrogen-bond donors (Lipinski definition) is 3. The summed E-state index contributed by atoms with van der Waals surface area (Å²) < 4.78 is 0. The van der Waals surface area contributed by atoms with Crippen LogP contribution in [0.3, 0.4) is 0 Å². The minimum absolute atomic E-state index is 0.202. The Morgan fingerprint density at radius 2 is 1.69 bits per heavy atom. The summed E-state index contributed by atoms with van der Waals surface area (Å²) in [6, 6.07) is 8.43. The molecular weight excluding hydrogens is 410 g/mol. The third-order valence-corrected chi connectivity index (χ3v) is 6.84. The zero-order valence-electron chi connectivity index (χ0n) is 18.5. The first-order chi connectivity index (χ1) is 15.5. The number of aliphatic carboxylic acids is 1. The van der Waals surface area contributed by atoms with Gasteiger partial charge in [-0.2, -0.15) is 0 Å². The lowest BCUT2D eigenvalue weighted by molar-refractivity contribution is -0.137. The zero-order valence-corrected chi connectivity index (χ0v) is 18.5. The summed E-state index contributed by atoms with van der Waals surface area (Å²) in [7, 11) is 0. The molecule has 1 unspecified atom stereocenters. The summed E-state index contributed by atoms with van der Waals surface area (Å²) in [5.74, 6) is -1.18. The number of piperidine rings is 2. The van der Waals surface area contributed by atoms with E-state index in [1.807, 2.05) is 12.1 Å². The highest BCUT2D eigenvalue weighted by Crippen LogP contribution is 2.25. The van der Waals surface area contributed by atoms with Gasteiger partial charge in [0, 0.05) is 69.7 Å². The molecule has 32 heavy (non-hydrogen) atoms. The average Bonchev–Trinajstić information content (AvgIpc) is 2.80. The maximum Gasteiger partial charge on any atom is 0.304 e. The van der Waals surface area contributed by atoms with E-state index in [-0.39, 0.29) is 24.3 Å². The van der Waals surface area contributed by atoms with Crippen molar-refractivity contribution in [3.63, 3.8) is 0 Å². The second-order valence-corrected chi connectivity index (χ2v) is 8.93. The number of carboxylic acid groups (broad SMARTS) is 1. The minimum Gasteiger partial charge on any atom is -0.481 e. The number of carboxylic acids is 1. The van der Waals surface area contributed by atoms with E-state index in [1.165, 1.54) is 5.69 Å². The van der Waals surface area contributed by atoms with E-state index in [9.17, 15) is 14.4 Å². The highest BCUT2D eigenvalue weighted by atomic mass is 16.4. The molecule has 3 aliphatic heterocycles. The van der Waals surface area contributed by atoms with Gasteiger partial charge < -0.3 is 20.2 Å². The standard InChI is InChI=1S/C23H33N5O4/c29-21-6-5-20(23(32)25-21)24-17-1-3-18(4-2-17)27-11-7-19(8-12-27)28-15-13-26(14-16-28)10-9-22(30)31/h1-4,19-20,24H,5-16H2,(H,30,31)(H,25,29,32). The van der Waals surface area contributed by atoms with Gasteiger partial charge in [-0.25, -0.2) is 0 Å². The van der Waals surface area contributed by atoms with Crippen LogP contribution in [0.15, 0.2) is 24.3 Å². The molecule has 1 aromatic rings. The predicted molar refractivity (Wildman–Crippen MR) is 122 cm³/mol. The van der Waals surface area contributed by atoms with Crippen molar-refractivity contribution in [3.8, 4) is 0 Å². The first-order valence-electron chi connectivity index (χ1n) is 11.6. The van der Waals surface area contributed by atoms with Crippen molar-refractivity contribution in [3.05, 3.63) is 24.3 Å². The Bertz CT molecular complexity index is 814. The molecule has 0 spiro atoms. The summed E-state index contributed by atoms with van der Waals surface area (Å²) in [4.78, 5) is 41.2. The molecule has 0 aromatic heterocycles. The number of carbonyl (C=O) groups excluding carboxylic acids is 2. The molecule has 0 radical (unpaired) electrons. The first-order valence-corrected chi connectivity index (χ1v) is 11.6. The zero-order chi connectivity index (χ0) is 22.5. The molecule has 9 nitrogen and oxygen atoms in total. The lowest BCUT2D eigenvalue weighted by Gasteiger charge is -2.43. The van der Waals surface area contributed by atoms with Gasteiger partial charge in [-0.05, 0) is 43.5 Å². The quantitative estimate of drug-likeness (QED) is 0.536. The van der Waals surface area contributed by atoms with E-state index in [1.54, 1.807) is 0 Å². The second kappa shape index (κ2) is 10.3. The van der Waals surface area contributed by atoms with E-state index in [4.69, 9.17) is 5.11 Å². The first kappa shape index (κ1) is 22.5. The number of amides is 2. The summed E-state index contributed by atoms with van der Waals surface area (Å²) >= 11 is 0. The van der Waals surface area contributed by atoms with E-state index in [0.29, 0.717) is 25.4 Å². The molecule has 9 heteroatoms. The van der Waals surface area contributed by atoms with Crippen molar-refractivity contribution in [2.24, 2.45) is 0 Å². The van der Waals surface area contributed by atoms with Crippen LogP contribution in [0.2, 0.25) is 0 Å². The number of nitrogens with zero attached hydrogens (tertiary/aromatic N) is 3. The Morgan fingerprint density at radius 3 is 2.31 bits per heavy atom. The number of rotatable bonds is 7. The molecule has 3 heterocycles. The predicted octanol–water partition coefficient (Wildman–Crippen LogP) is 0.965. The van der Waals surface area contributed by atoms with Gasteiger partial charge in [-0.3, -0.25) is 24.6 Å². The molecule has 0 aliphatic carbocycles. The maximum absolute atomic E-state index is 11.9. The lowest BCUT2D eigenvalue weighted by Crippen LogP contribution is -2.53. The van der Waals surface area contributed by atoms with Crippen molar-refractivity contribution in [1.29, 1.82) is 0 Å². The molecule has 3 fully saturated rings. The van der Waals surface area contributed by atoms with Crippen LogP contribution in [0, 0.1) is 0 Å². The Hall–Kier alpha value is -2.65. The van der Waals surface area contributed by atoms with Crippen LogP contribution in [0.5, 0.6) is 0 Å². The molecule has 3 N–H and O–H groups in total. The van der Waals surface area contributed by atoms with Crippen LogP contribution < -0.4 is 15.5 Å². The fraction of sp³-hybridized carbons (Fsp3) is 0.609. The molecule has 0 bridgehead atoms.